The molecular formula is C30H43Cl2F2N3O3. The van der Waals surface area contributed by atoms with Gasteiger partial charge in [0.1, 0.15) is 11.6 Å². The largest absolute Gasteiger partial charge is 0.393 e. The molecule has 1 aliphatic carbocycles. The Bertz CT molecular complexity index is 1060. The van der Waals surface area contributed by atoms with Crippen molar-refractivity contribution in [2.75, 3.05) is 25.0 Å². The molecule has 0 spiro atoms. The summed E-state index contributed by atoms with van der Waals surface area (Å²) >= 11 is 11.7. The fraction of sp³-hybridized carbons (Fsp3) is 0.533. The van der Waals surface area contributed by atoms with Crippen LogP contribution in [0.1, 0.15) is 83.3 Å². The van der Waals surface area contributed by atoms with Gasteiger partial charge in [-0.3, -0.25) is 9.59 Å². The number of anilines is 1. The first-order valence-electron chi connectivity index (χ1n) is 13.5. The van der Waals surface area contributed by atoms with Crippen molar-refractivity contribution in [3.05, 3.63) is 63.1 Å². The second-order valence-electron chi connectivity index (χ2n) is 11.3. The summed E-state index contributed by atoms with van der Waals surface area (Å²) in [7, 11) is 0. The second kappa shape index (κ2) is 18.2. The quantitative estimate of drug-likeness (QED) is 0.267. The summed E-state index contributed by atoms with van der Waals surface area (Å²) in [5.74, 6) is -1.17. The lowest BCUT2D eigenvalue weighted by Gasteiger charge is -2.22. The SMILES string of the molecule is CC(C)(C)C.CCNC=O.O=CNc1cc(Cl)c(F)cc1[C@@H]1CNC[C@@H]1c1ccc(F)c(Cl)c1.OC1CCCC1. The predicted molar refractivity (Wildman–Crippen MR) is 160 cm³/mol. The first-order chi connectivity index (χ1) is 18.8. The monoisotopic (exact) mass is 601 g/mol. The maximum atomic E-state index is 14.0. The molecule has 1 saturated carbocycles. The van der Waals surface area contributed by atoms with E-state index in [0.717, 1.165) is 24.9 Å². The normalized spacial score (nSPS) is 18.2. The lowest BCUT2D eigenvalue weighted by molar-refractivity contribution is -0.109. The molecule has 2 aromatic carbocycles. The molecule has 1 heterocycles. The van der Waals surface area contributed by atoms with Crippen LogP contribution in [0.2, 0.25) is 10.0 Å². The number of amides is 2. The van der Waals surface area contributed by atoms with Crippen LogP contribution in [0.25, 0.3) is 0 Å². The van der Waals surface area contributed by atoms with Gasteiger partial charge in [0.25, 0.3) is 0 Å². The molecule has 0 radical (unpaired) electrons. The molecule has 2 atom stereocenters. The van der Waals surface area contributed by atoms with Crippen LogP contribution in [0.3, 0.4) is 0 Å². The highest BCUT2D eigenvalue weighted by Crippen LogP contribution is 2.41. The van der Waals surface area contributed by atoms with Crippen molar-refractivity contribution in [2.45, 2.75) is 78.2 Å². The third-order valence-corrected chi connectivity index (χ3v) is 6.48. The molecule has 2 aromatic rings. The van der Waals surface area contributed by atoms with E-state index in [1.807, 2.05) is 6.92 Å². The van der Waals surface area contributed by atoms with Gasteiger partial charge in [0, 0.05) is 37.2 Å². The number of nitrogens with one attached hydrogen (secondary N) is 3. The molecule has 6 nitrogen and oxygen atoms in total. The number of carbonyl (C=O) groups excluding carboxylic acids is 2. The zero-order valence-corrected chi connectivity index (χ0v) is 25.5. The molecule has 0 bridgehead atoms. The van der Waals surface area contributed by atoms with Crippen LogP contribution in [0.4, 0.5) is 14.5 Å². The van der Waals surface area contributed by atoms with Crippen LogP contribution < -0.4 is 16.0 Å². The second-order valence-corrected chi connectivity index (χ2v) is 12.1. The van der Waals surface area contributed by atoms with Crippen molar-refractivity contribution in [2.24, 2.45) is 5.41 Å². The van der Waals surface area contributed by atoms with Crippen LogP contribution in [0.5, 0.6) is 0 Å². The number of hydrogen-bond donors (Lipinski definition) is 4. The molecule has 224 valence electrons. The average molecular weight is 603 g/mol. The highest BCUT2D eigenvalue weighted by molar-refractivity contribution is 6.31. The Hall–Kier alpha value is -2.26. The van der Waals surface area contributed by atoms with Crippen LogP contribution in [-0.4, -0.2) is 43.7 Å². The number of rotatable bonds is 6. The molecule has 2 fully saturated rings. The Balaban J connectivity index is 0.000000406. The topological polar surface area (TPSA) is 90.5 Å². The molecule has 1 saturated heterocycles. The third-order valence-electron chi connectivity index (χ3n) is 5.90. The molecule has 4 rings (SSSR count). The minimum Gasteiger partial charge on any atom is -0.393 e. The summed E-state index contributed by atoms with van der Waals surface area (Å²) in [6.07, 6.45) is 5.81. The Morgan fingerprint density at radius 3 is 1.98 bits per heavy atom. The zero-order chi connectivity index (χ0) is 30.3. The van der Waals surface area contributed by atoms with Crippen molar-refractivity contribution in [3.63, 3.8) is 0 Å². The van der Waals surface area contributed by atoms with E-state index >= 15 is 0 Å². The molecule has 1 aliphatic heterocycles. The van der Waals surface area contributed by atoms with E-state index in [1.54, 1.807) is 12.1 Å². The molecular weight excluding hydrogens is 559 g/mol. The van der Waals surface area contributed by atoms with Gasteiger partial charge in [0.15, 0.2) is 0 Å². The van der Waals surface area contributed by atoms with Gasteiger partial charge in [-0.2, -0.15) is 0 Å². The van der Waals surface area contributed by atoms with Gasteiger partial charge in [0.05, 0.1) is 16.1 Å². The van der Waals surface area contributed by atoms with E-state index in [0.29, 0.717) is 42.6 Å². The summed E-state index contributed by atoms with van der Waals surface area (Å²) in [5.41, 5.74) is 2.45. The number of carbonyl (C=O) groups is 2. The van der Waals surface area contributed by atoms with E-state index in [4.69, 9.17) is 28.3 Å². The summed E-state index contributed by atoms with van der Waals surface area (Å²) < 4.78 is 27.4. The van der Waals surface area contributed by atoms with Crippen molar-refractivity contribution in [1.82, 2.24) is 10.6 Å². The van der Waals surface area contributed by atoms with Crippen LogP contribution in [0, 0.1) is 17.0 Å². The Kier molecular flexibility index (Phi) is 16.3. The summed E-state index contributed by atoms with van der Waals surface area (Å²) in [6, 6.07) is 7.31. The minimum atomic E-state index is -0.550. The molecule has 40 heavy (non-hydrogen) atoms. The fourth-order valence-electron chi connectivity index (χ4n) is 4.14. The molecule has 10 heteroatoms. The van der Waals surface area contributed by atoms with Crippen LogP contribution >= 0.6 is 23.2 Å². The van der Waals surface area contributed by atoms with E-state index in [9.17, 15) is 18.4 Å². The summed E-state index contributed by atoms with van der Waals surface area (Å²) in [5, 5.41) is 17.0. The van der Waals surface area contributed by atoms with Crippen molar-refractivity contribution in [3.8, 4) is 0 Å². The smallest absolute Gasteiger partial charge is 0.211 e. The average Bonchev–Trinajstić information content (AvgIpc) is 3.55. The summed E-state index contributed by atoms with van der Waals surface area (Å²) in [4.78, 5) is 20.1. The number of aliphatic hydroxyl groups is 1. The third kappa shape index (κ3) is 13.4. The Labute approximate surface area is 247 Å². The van der Waals surface area contributed by atoms with Gasteiger partial charge in [-0.05, 0) is 60.6 Å². The van der Waals surface area contributed by atoms with Gasteiger partial charge in [0.2, 0.25) is 12.8 Å². The lowest BCUT2D eigenvalue weighted by atomic mass is 9.83. The van der Waals surface area contributed by atoms with Gasteiger partial charge in [-0.15, -0.1) is 0 Å². The number of aliphatic hydroxyl groups excluding tert-OH is 1. The minimum absolute atomic E-state index is 0.0316. The standard InChI is InChI=1S/C17H14Cl2F2N2O.C5H10O.C5H12.C3H7NO/c18-13-3-9(1-2-15(13)20)11-6-22-7-12(11)10-4-16(21)14(19)5-17(10)23-8-24;6-5-3-1-2-4-5;1-5(2,3)4;1-2-4-3-5/h1-5,8,11-12,22H,6-7H2,(H,23,24);5-6H,1-4H2;1-4H3;3H,2H2,1H3,(H,4,5)/t11-,12+;;;/m1.../s1. The van der Waals surface area contributed by atoms with Crippen LogP contribution in [-0.2, 0) is 9.59 Å². The molecule has 4 N–H and O–H groups in total. The predicted octanol–water partition coefficient (Wildman–Crippen LogP) is 7.04. The van der Waals surface area contributed by atoms with Gasteiger partial charge >= 0.3 is 0 Å². The molecule has 0 unspecified atom stereocenters. The zero-order valence-electron chi connectivity index (χ0n) is 24.0. The maximum Gasteiger partial charge on any atom is 0.211 e. The van der Waals surface area contributed by atoms with Crippen molar-refractivity contribution < 1.29 is 23.5 Å². The molecule has 2 aliphatic rings. The highest BCUT2D eigenvalue weighted by atomic mass is 35.5. The van der Waals surface area contributed by atoms with E-state index in [-0.39, 0.29) is 28.0 Å². The summed E-state index contributed by atoms with van der Waals surface area (Å²) in [6.45, 7) is 12.6. The number of benzene rings is 2. The molecule has 2 amide bonds. The van der Waals surface area contributed by atoms with E-state index in [2.05, 4.69) is 43.6 Å². The number of hydrogen-bond acceptors (Lipinski definition) is 4. The van der Waals surface area contributed by atoms with Crippen molar-refractivity contribution >= 4 is 41.7 Å². The fourth-order valence-corrected chi connectivity index (χ4v) is 4.50. The first-order valence-corrected chi connectivity index (χ1v) is 14.3. The van der Waals surface area contributed by atoms with Crippen LogP contribution in [0.15, 0.2) is 30.3 Å². The maximum absolute atomic E-state index is 14.0. The van der Waals surface area contributed by atoms with E-state index in [1.165, 1.54) is 31.0 Å². The first kappa shape index (κ1) is 35.8. The Morgan fingerprint density at radius 2 is 1.52 bits per heavy atom. The molecule has 0 aromatic heterocycles. The Morgan fingerprint density at radius 1 is 0.950 bits per heavy atom. The van der Waals surface area contributed by atoms with Gasteiger partial charge in [-0.1, -0.05) is 69.8 Å². The van der Waals surface area contributed by atoms with E-state index < -0.39 is 11.6 Å². The van der Waals surface area contributed by atoms with Gasteiger partial charge < -0.3 is 21.1 Å². The van der Waals surface area contributed by atoms with Crippen molar-refractivity contribution in [1.29, 1.82) is 0 Å². The van der Waals surface area contributed by atoms with Gasteiger partial charge in [-0.25, -0.2) is 8.78 Å². The lowest BCUT2D eigenvalue weighted by Crippen LogP contribution is -2.12. The highest BCUT2D eigenvalue weighted by Gasteiger charge is 2.32. The number of halogens is 4.